The van der Waals surface area contributed by atoms with Crippen LogP contribution in [0.5, 0.6) is 0 Å². The number of rotatable bonds is 4. The Kier molecular flexibility index (Phi) is 4.34. The lowest BCUT2D eigenvalue weighted by Gasteiger charge is -2.19. The second kappa shape index (κ2) is 6.38. The summed E-state index contributed by atoms with van der Waals surface area (Å²) in [5.74, 6) is -0.0540. The van der Waals surface area contributed by atoms with Crippen molar-refractivity contribution in [1.29, 1.82) is 0 Å². The van der Waals surface area contributed by atoms with E-state index in [2.05, 4.69) is 27.2 Å². The van der Waals surface area contributed by atoms with Crippen LogP contribution in [0, 0.1) is 0 Å². The van der Waals surface area contributed by atoms with E-state index in [-0.39, 0.29) is 5.96 Å². The lowest BCUT2D eigenvalue weighted by Crippen LogP contribution is -2.21. The fourth-order valence-electron chi connectivity index (χ4n) is 1.75. The van der Waals surface area contributed by atoms with E-state index in [1.165, 1.54) is 0 Å². The zero-order chi connectivity index (χ0) is 14.4. The van der Waals surface area contributed by atoms with Gasteiger partial charge in [0.15, 0.2) is 0 Å². The van der Waals surface area contributed by atoms with Crippen LogP contribution in [-0.2, 0) is 0 Å². The minimum absolute atomic E-state index is 0.0540. The highest BCUT2D eigenvalue weighted by molar-refractivity contribution is 5.82. The highest BCUT2D eigenvalue weighted by Gasteiger charge is 2.02. The van der Waals surface area contributed by atoms with Crippen molar-refractivity contribution in [3.63, 3.8) is 0 Å². The van der Waals surface area contributed by atoms with Crippen LogP contribution in [0.25, 0.3) is 0 Å². The third-order valence-corrected chi connectivity index (χ3v) is 2.80. The molecular weight excluding hydrogens is 250 g/mol. The summed E-state index contributed by atoms with van der Waals surface area (Å²) in [6.07, 6.45) is 1.60. The monoisotopic (exact) mass is 267 g/mol. The summed E-state index contributed by atoms with van der Waals surface area (Å²) < 4.78 is 0. The molecule has 0 fully saturated rings. The molecule has 5 nitrogen and oxygen atoms in total. The number of anilines is 2. The molecule has 0 spiro atoms. The van der Waals surface area contributed by atoms with E-state index < -0.39 is 0 Å². The van der Waals surface area contributed by atoms with Gasteiger partial charge in [0.1, 0.15) is 0 Å². The smallest absolute Gasteiger partial charge is 0.211 e. The largest absolute Gasteiger partial charge is 0.369 e. The van der Waals surface area contributed by atoms with Gasteiger partial charge in [0, 0.05) is 18.4 Å². The molecule has 0 aliphatic heterocycles. The van der Waals surface area contributed by atoms with Gasteiger partial charge in [0.2, 0.25) is 5.96 Å². The van der Waals surface area contributed by atoms with Crippen molar-refractivity contribution < 1.29 is 0 Å². The first kappa shape index (κ1) is 13.6. The number of para-hydroxylation sites is 1. The first-order chi connectivity index (χ1) is 9.66. The van der Waals surface area contributed by atoms with Gasteiger partial charge in [0.25, 0.3) is 0 Å². The zero-order valence-corrected chi connectivity index (χ0v) is 11.3. The van der Waals surface area contributed by atoms with Gasteiger partial charge in [-0.3, -0.25) is 0 Å². The van der Waals surface area contributed by atoms with Gasteiger partial charge in [-0.2, -0.15) is 5.10 Å². The van der Waals surface area contributed by atoms with E-state index in [1.807, 2.05) is 49.5 Å². The molecule has 5 heteroatoms. The third-order valence-electron chi connectivity index (χ3n) is 2.80. The molecule has 102 valence electrons. The minimum atomic E-state index is -0.0540. The number of hydrogen-bond acceptors (Lipinski definition) is 3. The summed E-state index contributed by atoms with van der Waals surface area (Å²) in [6.45, 7) is 0. The van der Waals surface area contributed by atoms with Gasteiger partial charge < -0.3 is 16.4 Å². The maximum Gasteiger partial charge on any atom is 0.211 e. The molecule has 0 aromatic heterocycles. The normalized spacial score (nSPS) is 10.4. The predicted octanol–water partition coefficient (Wildman–Crippen LogP) is 2.06. The zero-order valence-electron chi connectivity index (χ0n) is 11.3. The van der Waals surface area contributed by atoms with Gasteiger partial charge in [-0.15, -0.1) is 5.10 Å². The molecule has 2 rings (SSSR count). The first-order valence-electron chi connectivity index (χ1n) is 6.17. The third kappa shape index (κ3) is 3.58. The summed E-state index contributed by atoms with van der Waals surface area (Å²) in [5, 5.41) is 7.33. The molecule has 0 amide bonds. The molecule has 0 saturated heterocycles. The highest BCUT2D eigenvalue weighted by atomic mass is 15.3. The van der Waals surface area contributed by atoms with Crippen molar-refractivity contribution >= 4 is 23.5 Å². The topological polar surface area (TPSA) is 80.0 Å². The maximum atomic E-state index is 5.19. The van der Waals surface area contributed by atoms with Gasteiger partial charge in [-0.1, -0.05) is 30.3 Å². The molecule has 20 heavy (non-hydrogen) atoms. The van der Waals surface area contributed by atoms with Crippen molar-refractivity contribution in [2.45, 2.75) is 0 Å². The van der Waals surface area contributed by atoms with Crippen molar-refractivity contribution in [1.82, 2.24) is 0 Å². The molecule has 0 bridgehead atoms. The average Bonchev–Trinajstić information content (AvgIpc) is 2.48. The van der Waals surface area contributed by atoms with Crippen LogP contribution < -0.4 is 16.4 Å². The molecule has 0 aliphatic rings. The molecule has 0 aliphatic carbocycles. The van der Waals surface area contributed by atoms with E-state index in [9.17, 15) is 0 Å². The highest BCUT2D eigenvalue weighted by Crippen LogP contribution is 2.22. The number of nitrogens with zero attached hydrogens (tertiary/aromatic N) is 3. The average molecular weight is 267 g/mol. The van der Waals surface area contributed by atoms with Crippen molar-refractivity contribution in [2.24, 2.45) is 21.7 Å². The lowest BCUT2D eigenvalue weighted by atomic mass is 10.2. The van der Waals surface area contributed by atoms with E-state index in [0.29, 0.717) is 0 Å². The summed E-state index contributed by atoms with van der Waals surface area (Å²) in [5.41, 5.74) is 13.5. The van der Waals surface area contributed by atoms with Crippen LogP contribution in [0.1, 0.15) is 5.56 Å². The summed E-state index contributed by atoms with van der Waals surface area (Å²) >= 11 is 0. The Bertz CT molecular complexity index is 598. The minimum Gasteiger partial charge on any atom is -0.369 e. The molecule has 0 saturated carbocycles. The van der Waals surface area contributed by atoms with E-state index in [1.54, 1.807) is 6.21 Å². The molecule has 0 heterocycles. The van der Waals surface area contributed by atoms with E-state index >= 15 is 0 Å². The second-order valence-electron chi connectivity index (χ2n) is 4.26. The lowest BCUT2D eigenvalue weighted by molar-refractivity contribution is 1.20. The number of hydrogen-bond donors (Lipinski definition) is 2. The molecule has 0 atom stereocenters. The summed E-state index contributed by atoms with van der Waals surface area (Å²) in [6, 6.07) is 18.1. The van der Waals surface area contributed by atoms with Gasteiger partial charge >= 0.3 is 0 Å². The van der Waals surface area contributed by atoms with Crippen molar-refractivity contribution in [3.05, 3.63) is 60.2 Å². The van der Waals surface area contributed by atoms with Crippen LogP contribution in [0.15, 0.2) is 64.8 Å². The van der Waals surface area contributed by atoms with Crippen LogP contribution in [0.3, 0.4) is 0 Å². The Morgan fingerprint density at radius 1 is 0.950 bits per heavy atom. The van der Waals surface area contributed by atoms with E-state index in [0.717, 1.165) is 16.9 Å². The number of nitrogens with two attached hydrogens (primary N) is 2. The van der Waals surface area contributed by atoms with Crippen molar-refractivity contribution in [3.8, 4) is 0 Å². The molecule has 0 unspecified atom stereocenters. The standard InChI is InChI=1S/C15H17N5/c1-20(13-5-3-2-4-6-13)14-9-7-12(8-10-14)11-18-19-15(16)17/h2-11H,1H3,(H4,16,17,19). The van der Waals surface area contributed by atoms with Crippen LogP contribution in [0.2, 0.25) is 0 Å². The quantitative estimate of drug-likeness (QED) is 0.505. The van der Waals surface area contributed by atoms with Gasteiger partial charge in [-0.25, -0.2) is 0 Å². The second-order valence-corrected chi connectivity index (χ2v) is 4.26. The van der Waals surface area contributed by atoms with Crippen LogP contribution >= 0.6 is 0 Å². The molecule has 2 aromatic rings. The van der Waals surface area contributed by atoms with Gasteiger partial charge in [-0.05, 0) is 29.8 Å². The van der Waals surface area contributed by atoms with Gasteiger partial charge in [0.05, 0.1) is 6.21 Å². The molecule has 0 radical (unpaired) electrons. The van der Waals surface area contributed by atoms with E-state index in [4.69, 9.17) is 11.5 Å². The fourth-order valence-corrected chi connectivity index (χ4v) is 1.75. The van der Waals surface area contributed by atoms with Crippen LogP contribution in [0.4, 0.5) is 11.4 Å². The SMILES string of the molecule is CN(c1ccccc1)c1ccc(C=NN=C(N)N)cc1. The Morgan fingerprint density at radius 2 is 1.55 bits per heavy atom. The number of guanidine groups is 1. The maximum absolute atomic E-state index is 5.19. The summed E-state index contributed by atoms with van der Waals surface area (Å²) in [7, 11) is 2.03. The fraction of sp³-hybridized carbons (Fsp3) is 0.0667. The van der Waals surface area contributed by atoms with Crippen molar-refractivity contribution in [2.75, 3.05) is 11.9 Å². The number of benzene rings is 2. The Hall–Kier alpha value is -2.82. The first-order valence-corrected chi connectivity index (χ1v) is 6.17. The van der Waals surface area contributed by atoms with Crippen LogP contribution in [-0.4, -0.2) is 19.2 Å². The molecular formula is C15H17N5. The predicted molar refractivity (Wildman–Crippen MR) is 84.4 cm³/mol. The Labute approximate surface area is 118 Å². The Morgan fingerprint density at radius 3 is 2.15 bits per heavy atom. The molecule has 4 N–H and O–H groups in total. The summed E-state index contributed by atoms with van der Waals surface area (Å²) in [4.78, 5) is 2.11. The molecule has 2 aromatic carbocycles. The Balaban J connectivity index is 2.12.